The molecule has 1 aliphatic rings. The second-order valence-corrected chi connectivity index (χ2v) is 6.68. The van der Waals surface area contributed by atoms with Crippen LogP contribution in [0.2, 0.25) is 0 Å². The van der Waals surface area contributed by atoms with Crippen molar-refractivity contribution in [3.05, 3.63) is 29.8 Å². The van der Waals surface area contributed by atoms with Gasteiger partial charge < -0.3 is 15.0 Å². The van der Waals surface area contributed by atoms with Gasteiger partial charge in [-0.25, -0.2) is 0 Å². The molecule has 0 saturated carbocycles. The molecule has 0 aliphatic carbocycles. The Balaban J connectivity index is 2.06. The van der Waals surface area contributed by atoms with E-state index in [0.717, 1.165) is 30.8 Å². The summed E-state index contributed by atoms with van der Waals surface area (Å²) >= 11 is 0. The molecule has 2 rings (SSSR count). The predicted molar refractivity (Wildman–Crippen MR) is 89.4 cm³/mol. The molecule has 1 heterocycles. The van der Waals surface area contributed by atoms with Gasteiger partial charge in [-0.2, -0.15) is 0 Å². The minimum Gasteiger partial charge on any atom is -0.493 e. The summed E-state index contributed by atoms with van der Waals surface area (Å²) in [5, 5.41) is 3.34. The van der Waals surface area contributed by atoms with Crippen LogP contribution in [0.25, 0.3) is 0 Å². The number of hydrogen-bond acceptors (Lipinski definition) is 3. The van der Waals surface area contributed by atoms with E-state index in [1.165, 1.54) is 0 Å². The second-order valence-electron chi connectivity index (χ2n) is 6.68. The van der Waals surface area contributed by atoms with Crippen LogP contribution in [0.1, 0.15) is 44.5 Å². The first-order valence-corrected chi connectivity index (χ1v) is 8.25. The molecule has 122 valence electrons. The minimum absolute atomic E-state index is 0.110. The lowest BCUT2D eigenvalue weighted by molar-refractivity contribution is 0.0626. The Morgan fingerprint density at radius 3 is 2.45 bits per heavy atom. The van der Waals surface area contributed by atoms with Crippen molar-refractivity contribution >= 4 is 5.91 Å². The van der Waals surface area contributed by atoms with Crippen molar-refractivity contribution in [1.29, 1.82) is 0 Å². The molecule has 0 bridgehead atoms. The van der Waals surface area contributed by atoms with Crippen LogP contribution in [0, 0.1) is 5.92 Å². The summed E-state index contributed by atoms with van der Waals surface area (Å²) in [7, 11) is 0. The van der Waals surface area contributed by atoms with Crippen molar-refractivity contribution in [1.82, 2.24) is 10.2 Å². The van der Waals surface area contributed by atoms with Crippen LogP contribution in [-0.2, 0) is 0 Å². The SMILES string of the molecule is CC(C)COc1ccc(C(=O)N(C(C)C)C2CCNC2)cc1. The van der Waals surface area contributed by atoms with Gasteiger partial charge in [0.15, 0.2) is 0 Å². The summed E-state index contributed by atoms with van der Waals surface area (Å²) in [6.45, 7) is 11.0. The first-order valence-electron chi connectivity index (χ1n) is 8.25. The van der Waals surface area contributed by atoms with Gasteiger partial charge in [-0.3, -0.25) is 4.79 Å². The maximum Gasteiger partial charge on any atom is 0.254 e. The van der Waals surface area contributed by atoms with Crippen molar-refractivity contribution < 1.29 is 9.53 Å². The zero-order valence-electron chi connectivity index (χ0n) is 14.1. The first kappa shape index (κ1) is 16.8. The van der Waals surface area contributed by atoms with Crippen LogP contribution in [0.3, 0.4) is 0 Å². The zero-order valence-corrected chi connectivity index (χ0v) is 14.1. The molecule has 0 radical (unpaired) electrons. The Morgan fingerprint density at radius 1 is 1.27 bits per heavy atom. The number of nitrogens with zero attached hydrogens (tertiary/aromatic N) is 1. The Morgan fingerprint density at radius 2 is 1.95 bits per heavy atom. The van der Waals surface area contributed by atoms with Crippen LogP contribution in [-0.4, -0.2) is 42.6 Å². The molecular formula is C18H28N2O2. The summed E-state index contributed by atoms with van der Waals surface area (Å²) in [4.78, 5) is 14.8. The normalized spacial score (nSPS) is 18.0. The van der Waals surface area contributed by atoms with Crippen LogP contribution in [0.5, 0.6) is 5.75 Å². The van der Waals surface area contributed by atoms with Gasteiger partial charge in [0.2, 0.25) is 0 Å². The van der Waals surface area contributed by atoms with E-state index in [2.05, 4.69) is 33.0 Å². The Labute approximate surface area is 133 Å². The number of rotatable bonds is 6. The van der Waals surface area contributed by atoms with E-state index in [4.69, 9.17) is 4.74 Å². The van der Waals surface area contributed by atoms with Crippen LogP contribution < -0.4 is 10.1 Å². The first-order chi connectivity index (χ1) is 10.5. The smallest absolute Gasteiger partial charge is 0.254 e. The summed E-state index contributed by atoms with van der Waals surface area (Å²) in [6, 6.07) is 8.02. The van der Waals surface area contributed by atoms with Crippen LogP contribution in [0.4, 0.5) is 0 Å². The molecule has 1 aliphatic heterocycles. The molecule has 1 fully saturated rings. The Hall–Kier alpha value is -1.55. The van der Waals surface area contributed by atoms with Gasteiger partial charge >= 0.3 is 0 Å². The van der Waals surface area contributed by atoms with E-state index in [9.17, 15) is 4.79 Å². The number of carbonyl (C=O) groups is 1. The topological polar surface area (TPSA) is 41.6 Å². The number of ether oxygens (including phenoxy) is 1. The van der Waals surface area contributed by atoms with E-state index < -0.39 is 0 Å². The second kappa shape index (κ2) is 7.63. The molecule has 1 amide bonds. The van der Waals surface area contributed by atoms with E-state index in [-0.39, 0.29) is 11.9 Å². The Bertz CT molecular complexity index is 476. The molecule has 22 heavy (non-hydrogen) atoms. The highest BCUT2D eigenvalue weighted by Gasteiger charge is 2.29. The highest BCUT2D eigenvalue weighted by atomic mass is 16.5. The third-order valence-corrected chi connectivity index (χ3v) is 3.90. The molecule has 1 aromatic carbocycles. The number of amides is 1. The fourth-order valence-corrected chi connectivity index (χ4v) is 2.80. The predicted octanol–water partition coefficient (Wildman–Crippen LogP) is 2.93. The van der Waals surface area contributed by atoms with Crippen molar-refractivity contribution in [2.24, 2.45) is 5.92 Å². The van der Waals surface area contributed by atoms with Gasteiger partial charge in [0.1, 0.15) is 5.75 Å². The maximum atomic E-state index is 12.8. The summed E-state index contributed by atoms with van der Waals surface area (Å²) < 4.78 is 5.67. The summed E-state index contributed by atoms with van der Waals surface area (Å²) in [5.41, 5.74) is 0.734. The highest BCUT2D eigenvalue weighted by molar-refractivity contribution is 5.94. The summed E-state index contributed by atoms with van der Waals surface area (Å²) in [6.07, 6.45) is 1.03. The average Bonchev–Trinajstić information content (AvgIpc) is 2.99. The van der Waals surface area contributed by atoms with Crippen LogP contribution in [0.15, 0.2) is 24.3 Å². The van der Waals surface area contributed by atoms with Crippen molar-refractivity contribution in [2.75, 3.05) is 19.7 Å². The lowest BCUT2D eigenvalue weighted by Gasteiger charge is -2.32. The number of benzene rings is 1. The van der Waals surface area contributed by atoms with Gasteiger partial charge in [0, 0.05) is 24.2 Å². The quantitative estimate of drug-likeness (QED) is 0.878. The monoisotopic (exact) mass is 304 g/mol. The highest BCUT2D eigenvalue weighted by Crippen LogP contribution is 2.19. The van der Waals surface area contributed by atoms with Gasteiger partial charge in [0.25, 0.3) is 5.91 Å². The van der Waals surface area contributed by atoms with Gasteiger partial charge in [-0.1, -0.05) is 13.8 Å². The standard InChI is InChI=1S/C18H28N2O2/c1-13(2)12-22-17-7-5-15(6-8-17)18(21)20(14(3)4)16-9-10-19-11-16/h5-8,13-14,16,19H,9-12H2,1-4H3. The molecule has 1 N–H and O–H groups in total. The van der Waals surface area contributed by atoms with Crippen molar-refractivity contribution in [3.63, 3.8) is 0 Å². The van der Waals surface area contributed by atoms with Gasteiger partial charge in [0.05, 0.1) is 6.61 Å². The van der Waals surface area contributed by atoms with E-state index >= 15 is 0 Å². The minimum atomic E-state index is 0.110. The summed E-state index contributed by atoms with van der Waals surface area (Å²) in [5.74, 6) is 1.43. The Kier molecular flexibility index (Phi) is 5.83. The molecule has 1 atom stereocenters. The lowest BCUT2D eigenvalue weighted by atomic mass is 10.1. The molecule has 4 nitrogen and oxygen atoms in total. The van der Waals surface area contributed by atoms with Gasteiger partial charge in [-0.05, 0) is 57.0 Å². The maximum absolute atomic E-state index is 12.8. The van der Waals surface area contributed by atoms with E-state index in [1.807, 2.05) is 29.2 Å². The third-order valence-electron chi connectivity index (χ3n) is 3.90. The molecule has 4 heteroatoms. The van der Waals surface area contributed by atoms with E-state index in [0.29, 0.717) is 18.6 Å². The van der Waals surface area contributed by atoms with E-state index in [1.54, 1.807) is 0 Å². The molecule has 1 saturated heterocycles. The average molecular weight is 304 g/mol. The van der Waals surface area contributed by atoms with Crippen molar-refractivity contribution in [3.8, 4) is 5.75 Å². The molecular weight excluding hydrogens is 276 g/mol. The van der Waals surface area contributed by atoms with Crippen LogP contribution >= 0.6 is 0 Å². The largest absolute Gasteiger partial charge is 0.493 e. The van der Waals surface area contributed by atoms with Crippen molar-refractivity contribution in [2.45, 2.75) is 46.2 Å². The molecule has 0 spiro atoms. The number of nitrogens with one attached hydrogen (secondary N) is 1. The molecule has 0 aromatic heterocycles. The fraction of sp³-hybridized carbons (Fsp3) is 0.611. The van der Waals surface area contributed by atoms with Gasteiger partial charge in [-0.15, -0.1) is 0 Å². The third kappa shape index (κ3) is 4.23. The number of hydrogen-bond donors (Lipinski definition) is 1. The molecule has 1 unspecified atom stereocenters. The lowest BCUT2D eigenvalue weighted by Crippen LogP contribution is -2.45. The molecule has 1 aromatic rings. The zero-order chi connectivity index (χ0) is 16.1. The number of carbonyl (C=O) groups excluding carboxylic acids is 1. The fourth-order valence-electron chi connectivity index (χ4n) is 2.80.